The molecule has 5 aromatic carbocycles. The molecule has 238 valence electrons. The average molecular weight is 661 g/mol. The molecule has 4 heterocycles. The van der Waals surface area contributed by atoms with Crippen molar-refractivity contribution in [2.45, 2.75) is 19.4 Å². The standard InChI is InChI=1S/C45H32N4S/c1-45-25-12-11-14-28(45)26-38-34(27-45)30-17-5-8-21-35(30)49(38)44-46-41-32-19-7-10-24-39(32)50-43(41)42(47-44)33-20-13-23-37-40(33)31-18-6-9-22-36(31)48(37)29-15-3-2-4-16-29/h2-24,26-27,42H,25H2,1H3,(H,46,47). The van der Waals surface area contributed by atoms with Crippen molar-refractivity contribution < 1.29 is 0 Å². The molecular formula is C45H32N4S. The van der Waals surface area contributed by atoms with Gasteiger partial charge in [0.1, 0.15) is 0 Å². The van der Waals surface area contributed by atoms with E-state index in [1.54, 1.807) is 0 Å². The second-order valence-electron chi connectivity index (χ2n) is 13.9. The van der Waals surface area contributed by atoms with Crippen LogP contribution in [-0.4, -0.2) is 15.1 Å². The van der Waals surface area contributed by atoms with Gasteiger partial charge in [0.25, 0.3) is 0 Å². The third kappa shape index (κ3) is 3.84. The highest BCUT2D eigenvalue weighted by Gasteiger charge is 2.33. The summed E-state index contributed by atoms with van der Waals surface area (Å²) in [5.74, 6) is 0.854. The number of allylic oxidation sites excluding steroid dienone is 4. The minimum Gasteiger partial charge on any atom is -0.343 e. The van der Waals surface area contributed by atoms with Crippen molar-refractivity contribution in [2.24, 2.45) is 10.4 Å². The third-order valence-electron chi connectivity index (χ3n) is 10.9. The van der Waals surface area contributed by atoms with Gasteiger partial charge in [-0.2, -0.15) is 0 Å². The lowest BCUT2D eigenvalue weighted by molar-refractivity contribution is 0.569. The van der Waals surface area contributed by atoms with E-state index in [-0.39, 0.29) is 11.5 Å². The summed E-state index contributed by atoms with van der Waals surface area (Å²) in [7, 11) is 0. The molecule has 8 aromatic rings. The Morgan fingerprint density at radius 1 is 0.740 bits per heavy atom. The molecule has 2 unspecified atom stereocenters. The molecular weight excluding hydrogens is 629 g/mol. The number of hydrogen-bond acceptors (Lipinski definition) is 3. The molecule has 0 radical (unpaired) electrons. The molecule has 0 saturated heterocycles. The van der Waals surface area contributed by atoms with Crippen molar-refractivity contribution in [1.29, 1.82) is 0 Å². The monoisotopic (exact) mass is 660 g/mol. The second kappa shape index (κ2) is 10.3. The third-order valence-corrected chi connectivity index (χ3v) is 12.2. The van der Waals surface area contributed by atoms with Crippen LogP contribution in [0.2, 0.25) is 0 Å². The van der Waals surface area contributed by atoms with Crippen molar-refractivity contribution in [1.82, 2.24) is 14.5 Å². The molecule has 0 amide bonds. The molecule has 0 saturated carbocycles. The van der Waals surface area contributed by atoms with E-state index in [2.05, 4.69) is 173 Å². The first kappa shape index (κ1) is 28.0. The van der Waals surface area contributed by atoms with Gasteiger partial charge in [-0.1, -0.05) is 116 Å². The Bertz CT molecular complexity index is 2950. The van der Waals surface area contributed by atoms with Crippen molar-refractivity contribution in [3.63, 3.8) is 0 Å². The van der Waals surface area contributed by atoms with Crippen LogP contribution in [0.25, 0.3) is 60.6 Å². The van der Waals surface area contributed by atoms with Gasteiger partial charge < -0.3 is 9.88 Å². The fourth-order valence-electron chi connectivity index (χ4n) is 8.59. The first-order valence-electron chi connectivity index (χ1n) is 17.3. The van der Waals surface area contributed by atoms with Crippen LogP contribution in [-0.2, 0) is 0 Å². The Morgan fingerprint density at radius 2 is 1.46 bits per heavy atom. The van der Waals surface area contributed by atoms with E-state index < -0.39 is 0 Å². The number of thiophene rings is 1. The topological polar surface area (TPSA) is 34.2 Å². The maximum atomic E-state index is 5.53. The Kier molecular flexibility index (Phi) is 5.76. The number of rotatable bonds is 2. The van der Waals surface area contributed by atoms with Gasteiger partial charge >= 0.3 is 0 Å². The lowest BCUT2D eigenvalue weighted by Crippen LogP contribution is -2.45. The van der Waals surface area contributed by atoms with Crippen molar-refractivity contribution in [2.75, 3.05) is 0 Å². The number of aliphatic imine (C=N–C) groups is 1. The lowest BCUT2D eigenvalue weighted by atomic mass is 9.74. The number of nitrogens with zero attached hydrogens (tertiary/aromatic N) is 3. The summed E-state index contributed by atoms with van der Waals surface area (Å²) in [5.41, 5.74) is 8.35. The van der Waals surface area contributed by atoms with Crippen LogP contribution < -0.4 is 15.9 Å². The summed E-state index contributed by atoms with van der Waals surface area (Å²) in [6.07, 6.45) is 12.6. The molecule has 0 spiro atoms. The molecule has 0 fully saturated rings. The highest BCUT2D eigenvalue weighted by molar-refractivity contribution is 7.19. The van der Waals surface area contributed by atoms with Gasteiger partial charge in [0, 0.05) is 42.6 Å². The highest BCUT2D eigenvalue weighted by atomic mass is 32.1. The Balaban J connectivity index is 1.21. The van der Waals surface area contributed by atoms with Gasteiger partial charge in [-0.05, 0) is 60.0 Å². The van der Waals surface area contributed by atoms with Crippen LogP contribution >= 0.6 is 11.3 Å². The van der Waals surface area contributed by atoms with E-state index in [9.17, 15) is 0 Å². The summed E-state index contributed by atoms with van der Waals surface area (Å²) in [5, 5.41) is 11.5. The molecule has 1 N–H and O–H groups in total. The zero-order valence-electron chi connectivity index (χ0n) is 27.5. The number of aromatic nitrogens is 2. The van der Waals surface area contributed by atoms with Crippen LogP contribution in [0.4, 0.5) is 5.69 Å². The molecule has 3 aliphatic rings. The minimum absolute atomic E-state index is 0.0274. The average Bonchev–Trinajstić information content (AvgIpc) is 3.81. The normalized spacial score (nSPS) is 19.3. The van der Waals surface area contributed by atoms with Crippen molar-refractivity contribution in [3.05, 3.63) is 166 Å². The fourth-order valence-corrected chi connectivity index (χ4v) is 9.81. The Labute approximate surface area is 292 Å². The summed E-state index contributed by atoms with van der Waals surface area (Å²) < 4.78 is 6.03. The number of benzene rings is 5. The molecule has 11 rings (SSSR count). The minimum atomic E-state index is -0.111. The van der Waals surface area contributed by atoms with E-state index in [4.69, 9.17) is 4.99 Å². The van der Waals surface area contributed by atoms with E-state index in [0.29, 0.717) is 0 Å². The van der Waals surface area contributed by atoms with E-state index in [1.807, 2.05) is 11.3 Å². The van der Waals surface area contributed by atoms with Gasteiger partial charge in [0.2, 0.25) is 5.96 Å². The second-order valence-corrected chi connectivity index (χ2v) is 14.9. The smallest absolute Gasteiger partial charge is 0.209 e. The van der Waals surface area contributed by atoms with Crippen LogP contribution in [0.15, 0.2) is 150 Å². The first-order chi connectivity index (χ1) is 24.7. The predicted molar refractivity (Wildman–Crippen MR) is 210 cm³/mol. The largest absolute Gasteiger partial charge is 0.343 e. The van der Waals surface area contributed by atoms with Gasteiger partial charge in [-0.3, -0.25) is 4.57 Å². The summed E-state index contributed by atoms with van der Waals surface area (Å²) in [6.45, 7) is 2.36. The fraction of sp³-hybridized carbons (Fsp3) is 0.0889. The number of nitrogens with one attached hydrogen (secondary N) is 1. The number of fused-ring (bicyclic) bond motifs is 10. The Morgan fingerprint density at radius 3 is 2.32 bits per heavy atom. The quantitative estimate of drug-likeness (QED) is 0.197. The summed E-state index contributed by atoms with van der Waals surface area (Å²) in [6, 6.07) is 43.7. The summed E-state index contributed by atoms with van der Waals surface area (Å²) in [4.78, 5) is 6.78. The summed E-state index contributed by atoms with van der Waals surface area (Å²) >= 11 is 1.85. The molecule has 0 bridgehead atoms. The molecule has 4 nitrogen and oxygen atoms in total. The van der Waals surface area contributed by atoms with E-state index >= 15 is 0 Å². The van der Waals surface area contributed by atoms with Gasteiger partial charge in [-0.25, -0.2) is 4.99 Å². The van der Waals surface area contributed by atoms with Crippen LogP contribution in [0.5, 0.6) is 0 Å². The van der Waals surface area contributed by atoms with E-state index in [1.165, 1.54) is 63.9 Å². The molecule has 5 heteroatoms. The van der Waals surface area contributed by atoms with Crippen LogP contribution in [0.3, 0.4) is 0 Å². The predicted octanol–water partition coefficient (Wildman–Crippen LogP) is 9.65. The van der Waals surface area contributed by atoms with E-state index in [0.717, 1.165) is 29.3 Å². The molecule has 1 aliphatic heterocycles. The van der Waals surface area contributed by atoms with Crippen molar-refractivity contribution in [3.8, 4) is 5.69 Å². The zero-order chi connectivity index (χ0) is 33.0. The Hall–Kier alpha value is -5.91. The lowest BCUT2D eigenvalue weighted by Gasteiger charge is -2.31. The van der Waals surface area contributed by atoms with Crippen molar-refractivity contribution >= 4 is 77.9 Å². The molecule has 2 atom stereocenters. The maximum Gasteiger partial charge on any atom is 0.209 e. The molecule has 3 aromatic heterocycles. The van der Waals surface area contributed by atoms with Gasteiger partial charge in [-0.15, -0.1) is 11.3 Å². The maximum absolute atomic E-state index is 5.53. The van der Waals surface area contributed by atoms with Crippen LogP contribution in [0.1, 0.15) is 29.8 Å². The SMILES string of the molecule is CC12C=c3c(n(C4=Nc5c(sc6ccccc56)C(c5cccc6c5c5ccccc5n6-c5ccccc5)N4)c4ccccc34)=CC1=CC=CC2. The number of hydrogen-bond donors (Lipinski definition) is 1. The van der Waals surface area contributed by atoms with Crippen LogP contribution in [0, 0.1) is 5.41 Å². The molecule has 2 aliphatic carbocycles. The van der Waals surface area contributed by atoms with Gasteiger partial charge in [0.15, 0.2) is 0 Å². The van der Waals surface area contributed by atoms with Gasteiger partial charge in [0.05, 0.1) is 38.5 Å². The highest BCUT2D eigenvalue weighted by Crippen LogP contribution is 2.48. The number of para-hydroxylation sites is 3. The zero-order valence-corrected chi connectivity index (χ0v) is 28.3. The molecule has 50 heavy (non-hydrogen) atoms. The first-order valence-corrected chi connectivity index (χ1v) is 18.1.